The molecule has 1 unspecified atom stereocenters. The van der Waals surface area contributed by atoms with E-state index < -0.39 is 4.92 Å². The Kier molecular flexibility index (Phi) is 3.05. The Balaban J connectivity index is 1.99. The van der Waals surface area contributed by atoms with Gasteiger partial charge in [-0.1, -0.05) is 0 Å². The van der Waals surface area contributed by atoms with Crippen LogP contribution in [0.4, 0.5) is 11.4 Å². The Morgan fingerprint density at radius 3 is 2.56 bits per heavy atom. The highest BCUT2D eigenvalue weighted by atomic mass is 16.6. The van der Waals surface area contributed by atoms with Crippen molar-refractivity contribution >= 4 is 11.4 Å². The average molecular weight is 222 g/mol. The van der Waals surface area contributed by atoms with E-state index >= 15 is 0 Å². The summed E-state index contributed by atoms with van der Waals surface area (Å²) in [4.78, 5) is 12.1. The van der Waals surface area contributed by atoms with Crippen LogP contribution in [0.15, 0.2) is 24.3 Å². The summed E-state index contributed by atoms with van der Waals surface area (Å²) in [6, 6.07) is 6.56. The lowest BCUT2D eigenvalue weighted by Gasteiger charge is -2.31. The number of hydrogen-bond donors (Lipinski definition) is 0. The lowest BCUT2D eigenvalue weighted by Crippen LogP contribution is -2.38. The minimum Gasteiger partial charge on any atom is -0.376 e. The van der Waals surface area contributed by atoms with Gasteiger partial charge >= 0.3 is 0 Å². The molecule has 0 bridgehead atoms. The summed E-state index contributed by atoms with van der Waals surface area (Å²) in [6.45, 7) is 1.68. The van der Waals surface area contributed by atoms with Crippen molar-refractivity contribution in [3.05, 3.63) is 34.4 Å². The molecule has 1 fully saturated rings. The summed E-state index contributed by atoms with van der Waals surface area (Å²) < 4.78 is 5.33. The third-order valence-corrected chi connectivity index (χ3v) is 2.77. The van der Waals surface area contributed by atoms with Crippen molar-refractivity contribution in [2.24, 2.45) is 0 Å². The van der Waals surface area contributed by atoms with Gasteiger partial charge in [0.25, 0.3) is 5.69 Å². The van der Waals surface area contributed by atoms with Crippen LogP contribution in [0.1, 0.15) is 6.42 Å². The molecule has 0 saturated carbocycles. The van der Waals surface area contributed by atoms with Gasteiger partial charge in [0.1, 0.15) is 0 Å². The van der Waals surface area contributed by atoms with Crippen molar-refractivity contribution in [3.63, 3.8) is 0 Å². The molecule has 1 aromatic carbocycles. The van der Waals surface area contributed by atoms with Crippen molar-refractivity contribution in [3.8, 4) is 0 Å². The monoisotopic (exact) mass is 222 g/mol. The van der Waals surface area contributed by atoms with E-state index in [0.29, 0.717) is 6.10 Å². The van der Waals surface area contributed by atoms with Gasteiger partial charge in [-0.15, -0.1) is 0 Å². The smallest absolute Gasteiger partial charge is 0.269 e. The number of hydrogen-bond acceptors (Lipinski definition) is 4. The zero-order valence-corrected chi connectivity index (χ0v) is 9.13. The predicted molar refractivity (Wildman–Crippen MR) is 60.7 cm³/mol. The number of anilines is 1. The maximum Gasteiger partial charge on any atom is 0.269 e. The van der Waals surface area contributed by atoms with Crippen LogP contribution in [0.2, 0.25) is 0 Å². The molecular formula is C11H14N2O3. The summed E-state index contributed by atoms with van der Waals surface area (Å²) in [5, 5.41) is 10.5. The van der Waals surface area contributed by atoms with E-state index in [-0.39, 0.29) is 5.69 Å². The van der Waals surface area contributed by atoms with Crippen LogP contribution >= 0.6 is 0 Å². The number of ether oxygens (including phenoxy) is 1. The van der Waals surface area contributed by atoms with Crippen LogP contribution in [0.3, 0.4) is 0 Å². The molecule has 0 N–H and O–H groups in total. The van der Waals surface area contributed by atoms with Crippen molar-refractivity contribution in [1.29, 1.82) is 0 Å². The van der Waals surface area contributed by atoms with Crippen LogP contribution in [0, 0.1) is 10.1 Å². The fourth-order valence-electron chi connectivity index (χ4n) is 1.67. The van der Waals surface area contributed by atoms with E-state index in [1.165, 1.54) is 12.1 Å². The normalized spacial score (nSPS) is 18.9. The topological polar surface area (TPSA) is 55.6 Å². The van der Waals surface area contributed by atoms with Gasteiger partial charge in [-0.05, 0) is 18.6 Å². The van der Waals surface area contributed by atoms with Gasteiger partial charge in [0, 0.05) is 38.0 Å². The second kappa shape index (κ2) is 4.49. The van der Waals surface area contributed by atoms with Crippen LogP contribution in [-0.4, -0.2) is 31.2 Å². The minimum atomic E-state index is -0.390. The molecule has 0 aliphatic carbocycles. The molecule has 16 heavy (non-hydrogen) atoms. The maximum atomic E-state index is 10.5. The summed E-state index contributed by atoms with van der Waals surface area (Å²) in [5.41, 5.74) is 1.10. The molecule has 0 amide bonds. The lowest BCUT2D eigenvalue weighted by atomic mass is 10.1. The van der Waals surface area contributed by atoms with Crippen LogP contribution in [0.25, 0.3) is 0 Å². The molecule has 1 saturated heterocycles. The quantitative estimate of drug-likeness (QED) is 0.576. The number of non-ortho nitro benzene ring substituents is 1. The first-order valence-electron chi connectivity index (χ1n) is 5.24. The van der Waals surface area contributed by atoms with Crippen LogP contribution in [-0.2, 0) is 4.74 Å². The molecule has 1 aromatic rings. The van der Waals surface area contributed by atoms with Gasteiger partial charge in [0.2, 0.25) is 0 Å². The third kappa shape index (κ3) is 2.30. The van der Waals surface area contributed by atoms with Gasteiger partial charge in [0.05, 0.1) is 11.0 Å². The molecular weight excluding hydrogens is 208 g/mol. The second-order valence-electron chi connectivity index (χ2n) is 3.94. The highest BCUT2D eigenvalue weighted by Gasteiger charge is 2.20. The van der Waals surface area contributed by atoms with E-state index in [0.717, 1.165) is 25.3 Å². The van der Waals surface area contributed by atoms with Gasteiger partial charge in [-0.25, -0.2) is 0 Å². The Labute approximate surface area is 93.8 Å². The third-order valence-electron chi connectivity index (χ3n) is 2.77. The molecule has 1 aliphatic rings. The molecule has 0 aromatic heterocycles. The summed E-state index contributed by atoms with van der Waals surface area (Å²) >= 11 is 0. The van der Waals surface area contributed by atoms with E-state index in [9.17, 15) is 10.1 Å². The standard InChI is InChI=1S/C11H14N2O3/c1-12(8-11-6-7-16-11)9-2-4-10(5-3-9)13(14)15/h2-5,11H,6-8H2,1H3. The summed E-state index contributed by atoms with van der Waals surface area (Å²) in [7, 11) is 1.96. The first-order chi connectivity index (χ1) is 7.66. The minimum absolute atomic E-state index is 0.122. The predicted octanol–water partition coefficient (Wildman–Crippen LogP) is 1.82. The Hall–Kier alpha value is -1.62. The maximum absolute atomic E-state index is 10.5. The number of likely N-dealkylation sites (N-methyl/N-ethyl adjacent to an activating group) is 1. The highest BCUT2D eigenvalue weighted by molar-refractivity contribution is 5.50. The first kappa shape index (κ1) is 10.9. The zero-order chi connectivity index (χ0) is 11.5. The summed E-state index contributed by atoms with van der Waals surface area (Å²) in [6.07, 6.45) is 1.40. The van der Waals surface area contributed by atoms with E-state index in [1.807, 2.05) is 11.9 Å². The molecule has 5 nitrogen and oxygen atoms in total. The van der Waals surface area contributed by atoms with Crippen LogP contribution in [0.5, 0.6) is 0 Å². The van der Waals surface area contributed by atoms with Gasteiger partial charge < -0.3 is 9.64 Å². The second-order valence-corrected chi connectivity index (χ2v) is 3.94. The zero-order valence-electron chi connectivity index (χ0n) is 9.13. The molecule has 86 valence electrons. The largest absolute Gasteiger partial charge is 0.376 e. The van der Waals surface area contributed by atoms with E-state index in [4.69, 9.17) is 4.74 Å². The van der Waals surface area contributed by atoms with Crippen molar-refractivity contribution in [2.75, 3.05) is 25.1 Å². The molecule has 1 aliphatic heterocycles. The lowest BCUT2D eigenvalue weighted by molar-refractivity contribution is -0.384. The van der Waals surface area contributed by atoms with E-state index in [1.54, 1.807) is 12.1 Å². The molecule has 0 spiro atoms. The van der Waals surface area contributed by atoms with Gasteiger partial charge in [-0.3, -0.25) is 10.1 Å². The molecule has 1 heterocycles. The molecule has 5 heteroatoms. The Bertz CT molecular complexity index is 373. The number of rotatable bonds is 4. The Morgan fingerprint density at radius 1 is 1.50 bits per heavy atom. The average Bonchev–Trinajstić information content (AvgIpc) is 2.23. The fraction of sp³-hybridized carbons (Fsp3) is 0.455. The van der Waals surface area contributed by atoms with E-state index in [2.05, 4.69) is 0 Å². The first-order valence-corrected chi connectivity index (χ1v) is 5.24. The number of benzene rings is 1. The SMILES string of the molecule is CN(CC1CCO1)c1ccc([N+](=O)[O-])cc1. The molecule has 2 rings (SSSR count). The Morgan fingerprint density at radius 2 is 2.12 bits per heavy atom. The number of nitrogens with zero attached hydrogens (tertiary/aromatic N) is 2. The summed E-state index contributed by atoms with van der Waals surface area (Å²) in [5.74, 6) is 0. The van der Waals surface area contributed by atoms with Gasteiger partial charge in [-0.2, -0.15) is 0 Å². The van der Waals surface area contributed by atoms with Crippen molar-refractivity contribution in [1.82, 2.24) is 0 Å². The molecule has 1 atom stereocenters. The molecule has 0 radical (unpaired) electrons. The van der Waals surface area contributed by atoms with Gasteiger partial charge in [0.15, 0.2) is 0 Å². The van der Waals surface area contributed by atoms with Crippen molar-refractivity contribution < 1.29 is 9.66 Å². The van der Waals surface area contributed by atoms with Crippen LogP contribution < -0.4 is 4.90 Å². The number of nitro groups is 1. The van der Waals surface area contributed by atoms with Crippen molar-refractivity contribution in [2.45, 2.75) is 12.5 Å². The number of nitro benzene ring substituents is 1. The fourth-order valence-corrected chi connectivity index (χ4v) is 1.67. The highest BCUT2D eigenvalue weighted by Crippen LogP contribution is 2.20.